The smallest absolute Gasteiger partial charge is 0.0634 e. The molecule has 0 aliphatic carbocycles. The van der Waals surface area contributed by atoms with Gasteiger partial charge in [-0.1, -0.05) is 24.3 Å². The number of benzene rings is 1. The van der Waals surface area contributed by atoms with Crippen LogP contribution in [0, 0.1) is 0 Å². The van der Waals surface area contributed by atoms with Crippen molar-refractivity contribution in [3.8, 4) is 0 Å². The average Bonchev–Trinajstić information content (AvgIpc) is 2.81. The lowest BCUT2D eigenvalue weighted by molar-refractivity contribution is 0.807. The maximum Gasteiger partial charge on any atom is 0.0634 e. The van der Waals surface area contributed by atoms with Crippen LogP contribution in [0.15, 0.2) is 35.4 Å². The van der Waals surface area contributed by atoms with Gasteiger partial charge >= 0.3 is 0 Å². The predicted molar refractivity (Wildman–Crippen MR) is 68.5 cm³/mol. The van der Waals surface area contributed by atoms with Gasteiger partial charge in [0.1, 0.15) is 0 Å². The van der Waals surface area contributed by atoms with Gasteiger partial charge in [0.05, 0.1) is 5.69 Å². The number of rotatable bonds is 0. The molecule has 1 saturated heterocycles. The SMILES string of the molecule is C1=Cc2ccccc2NN=C1.C1CNCN1. The van der Waals surface area contributed by atoms with Gasteiger partial charge in [-0.15, -0.1) is 0 Å². The summed E-state index contributed by atoms with van der Waals surface area (Å²) in [5, 5.41) is 10.2. The fourth-order valence-electron chi connectivity index (χ4n) is 1.48. The lowest BCUT2D eigenvalue weighted by Crippen LogP contribution is -2.11. The molecular formula is C12H16N4. The first-order chi connectivity index (χ1) is 7.97. The minimum atomic E-state index is 1.00. The molecule has 0 amide bonds. The summed E-state index contributed by atoms with van der Waals surface area (Å²) >= 11 is 0. The van der Waals surface area contributed by atoms with E-state index < -0.39 is 0 Å². The van der Waals surface area contributed by atoms with Crippen LogP contribution in [0.5, 0.6) is 0 Å². The van der Waals surface area contributed by atoms with Gasteiger partial charge in [0, 0.05) is 26.0 Å². The Hall–Kier alpha value is -1.65. The number of hydrogen-bond donors (Lipinski definition) is 3. The molecule has 0 unspecified atom stereocenters. The Labute approximate surface area is 95.4 Å². The monoisotopic (exact) mass is 216 g/mol. The summed E-state index contributed by atoms with van der Waals surface area (Å²) in [6.07, 6.45) is 5.68. The van der Waals surface area contributed by atoms with Crippen LogP contribution in [-0.2, 0) is 0 Å². The Balaban J connectivity index is 0.000000162. The number of nitrogens with one attached hydrogen (secondary N) is 3. The van der Waals surface area contributed by atoms with Crippen molar-refractivity contribution in [2.75, 3.05) is 25.2 Å². The van der Waals surface area contributed by atoms with Crippen LogP contribution >= 0.6 is 0 Å². The highest BCUT2D eigenvalue weighted by Crippen LogP contribution is 2.17. The molecule has 3 rings (SSSR count). The molecule has 0 spiro atoms. The molecule has 3 N–H and O–H groups in total. The van der Waals surface area contributed by atoms with Gasteiger partial charge in [0.15, 0.2) is 0 Å². The number of hydrogen-bond acceptors (Lipinski definition) is 4. The van der Waals surface area contributed by atoms with Crippen molar-refractivity contribution in [1.29, 1.82) is 0 Å². The Morgan fingerprint density at radius 3 is 2.62 bits per heavy atom. The number of nitrogens with zero attached hydrogens (tertiary/aromatic N) is 1. The summed E-state index contributed by atoms with van der Waals surface area (Å²) < 4.78 is 0. The quantitative estimate of drug-likeness (QED) is 0.611. The van der Waals surface area contributed by atoms with E-state index in [2.05, 4.69) is 21.2 Å². The zero-order chi connectivity index (χ0) is 11.1. The molecule has 4 heteroatoms. The maximum absolute atomic E-state index is 3.95. The van der Waals surface area contributed by atoms with Crippen molar-refractivity contribution in [2.45, 2.75) is 0 Å². The minimum Gasteiger partial charge on any atom is -0.303 e. The summed E-state index contributed by atoms with van der Waals surface area (Å²) in [5.41, 5.74) is 5.16. The van der Waals surface area contributed by atoms with E-state index in [0.717, 1.165) is 25.4 Å². The molecule has 0 atom stereocenters. The van der Waals surface area contributed by atoms with Crippen LogP contribution in [0.2, 0.25) is 0 Å². The number of para-hydroxylation sites is 1. The Morgan fingerprint density at radius 2 is 1.88 bits per heavy atom. The van der Waals surface area contributed by atoms with Crippen LogP contribution in [0.4, 0.5) is 5.69 Å². The molecule has 0 radical (unpaired) electrons. The molecule has 0 bridgehead atoms. The summed E-state index contributed by atoms with van der Waals surface area (Å²) in [4.78, 5) is 0. The summed E-state index contributed by atoms with van der Waals surface area (Å²) in [5.74, 6) is 0. The number of fused-ring (bicyclic) bond motifs is 1. The van der Waals surface area contributed by atoms with Crippen molar-refractivity contribution >= 4 is 18.0 Å². The first kappa shape index (κ1) is 10.9. The van der Waals surface area contributed by atoms with E-state index in [4.69, 9.17) is 0 Å². The van der Waals surface area contributed by atoms with Gasteiger partial charge in [0.25, 0.3) is 0 Å². The van der Waals surface area contributed by atoms with Gasteiger partial charge in [-0.2, -0.15) is 5.10 Å². The van der Waals surface area contributed by atoms with Crippen LogP contribution in [-0.4, -0.2) is 26.0 Å². The summed E-state index contributed by atoms with van der Waals surface area (Å²) in [7, 11) is 0. The van der Waals surface area contributed by atoms with Crippen LogP contribution < -0.4 is 16.1 Å². The Kier molecular flexibility index (Phi) is 4.10. The zero-order valence-corrected chi connectivity index (χ0v) is 9.11. The Morgan fingerprint density at radius 1 is 1.06 bits per heavy atom. The molecule has 1 aromatic rings. The molecular weight excluding hydrogens is 200 g/mol. The third-order valence-corrected chi connectivity index (χ3v) is 2.31. The van der Waals surface area contributed by atoms with E-state index in [-0.39, 0.29) is 0 Å². The van der Waals surface area contributed by atoms with E-state index in [1.165, 1.54) is 5.56 Å². The highest BCUT2D eigenvalue weighted by Gasteiger charge is 1.96. The molecule has 84 valence electrons. The molecule has 2 aliphatic rings. The summed E-state index contributed by atoms with van der Waals surface area (Å²) in [6.45, 7) is 3.28. The fourth-order valence-corrected chi connectivity index (χ4v) is 1.48. The van der Waals surface area contributed by atoms with Crippen molar-refractivity contribution in [2.24, 2.45) is 5.10 Å². The minimum absolute atomic E-state index is 1.00. The van der Waals surface area contributed by atoms with Crippen LogP contribution in [0.25, 0.3) is 6.08 Å². The second-order valence-electron chi connectivity index (χ2n) is 3.51. The Bertz CT molecular complexity index is 373. The molecule has 1 aromatic carbocycles. The molecule has 0 saturated carbocycles. The first-order valence-corrected chi connectivity index (χ1v) is 5.43. The third-order valence-electron chi connectivity index (χ3n) is 2.31. The normalized spacial score (nSPS) is 16.8. The van der Waals surface area contributed by atoms with E-state index in [0.29, 0.717) is 0 Å². The summed E-state index contributed by atoms with van der Waals surface area (Å²) in [6, 6.07) is 8.05. The molecule has 1 fully saturated rings. The highest BCUT2D eigenvalue weighted by molar-refractivity contribution is 5.83. The lowest BCUT2D eigenvalue weighted by atomic mass is 10.2. The van der Waals surface area contributed by atoms with Crippen LogP contribution in [0.3, 0.4) is 0 Å². The van der Waals surface area contributed by atoms with E-state index >= 15 is 0 Å². The van der Waals surface area contributed by atoms with Gasteiger partial charge < -0.3 is 10.6 Å². The largest absolute Gasteiger partial charge is 0.303 e. The van der Waals surface area contributed by atoms with Gasteiger partial charge in [-0.25, -0.2) is 0 Å². The van der Waals surface area contributed by atoms with E-state index in [1.807, 2.05) is 36.4 Å². The van der Waals surface area contributed by atoms with Gasteiger partial charge in [-0.05, 0) is 17.7 Å². The van der Waals surface area contributed by atoms with E-state index in [1.54, 1.807) is 6.21 Å². The average molecular weight is 216 g/mol. The van der Waals surface area contributed by atoms with Crippen LogP contribution in [0.1, 0.15) is 5.56 Å². The molecule has 2 aliphatic heterocycles. The first-order valence-electron chi connectivity index (χ1n) is 5.43. The molecule has 4 nitrogen and oxygen atoms in total. The zero-order valence-electron chi connectivity index (χ0n) is 9.11. The molecule has 0 aromatic heterocycles. The predicted octanol–water partition coefficient (Wildman–Crippen LogP) is 1.25. The number of allylic oxidation sites excluding steroid dienone is 1. The second-order valence-corrected chi connectivity index (χ2v) is 3.51. The third kappa shape index (κ3) is 3.18. The number of anilines is 1. The lowest BCUT2D eigenvalue weighted by Gasteiger charge is -2.00. The van der Waals surface area contributed by atoms with E-state index in [9.17, 15) is 0 Å². The maximum atomic E-state index is 3.95. The molecule has 2 heterocycles. The fraction of sp³-hybridized carbons (Fsp3) is 0.250. The van der Waals surface area contributed by atoms with Gasteiger partial charge in [0.2, 0.25) is 0 Å². The van der Waals surface area contributed by atoms with Gasteiger partial charge in [-0.3, -0.25) is 5.43 Å². The highest BCUT2D eigenvalue weighted by atomic mass is 15.3. The van der Waals surface area contributed by atoms with Crippen molar-refractivity contribution in [3.05, 3.63) is 35.9 Å². The molecule has 16 heavy (non-hydrogen) atoms. The van der Waals surface area contributed by atoms with Crippen molar-refractivity contribution in [3.63, 3.8) is 0 Å². The standard InChI is InChI=1S/C9H8N2.C3H8N2/c1-2-6-9-8(4-1)5-3-7-10-11-9;1-2-5-3-4-1/h1-7,11H;4-5H,1-3H2. The van der Waals surface area contributed by atoms with Crippen molar-refractivity contribution < 1.29 is 0 Å². The second kappa shape index (κ2) is 6.05. The van der Waals surface area contributed by atoms with Crippen molar-refractivity contribution in [1.82, 2.24) is 10.6 Å². The number of hydrazone groups is 1. The topological polar surface area (TPSA) is 48.5 Å².